The summed E-state index contributed by atoms with van der Waals surface area (Å²) in [6.45, 7) is 0. The highest BCUT2D eigenvalue weighted by Crippen LogP contribution is 2.16. The minimum Gasteiger partial charge on any atom is -0.465 e. The molecule has 0 fully saturated rings. The lowest BCUT2D eigenvalue weighted by Gasteiger charge is -2.04. The van der Waals surface area contributed by atoms with Gasteiger partial charge in [0, 0.05) is 11.8 Å². The number of nitrogen functional groups attached to an aromatic ring is 1. The number of methoxy groups -OCH3 is 1. The molecule has 1 aromatic rings. The predicted molar refractivity (Wildman–Crippen MR) is 56.8 cm³/mol. The summed E-state index contributed by atoms with van der Waals surface area (Å²) in [6.07, 6.45) is 2.92. The van der Waals surface area contributed by atoms with Crippen LogP contribution >= 0.6 is 0 Å². The quantitative estimate of drug-likeness (QED) is 0.449. The first-order chi connectivity index (χ1) is 7.19. The molecule has 0 atom stereocenters. The highest BCUT2D eigenvalue weighted by atomic mass is 16.5. The Kier molecular flexibility index (Phi) is 3.47. The van der Waals surface area contributed by atoms with E-state index in [1.807, 2.05) is 6.07 Å². The number of rotatable bonds is 2. The zero-order chi connectivity index (χ0) is 11.3. The Morgan fingerprint density at radius 3 is 2.93 bits per heavy atom. The summed E-state index contributed by atoms with van der Waals surface area (Å²) in [6, 6.07) is 6.76. The topological polar surface area (TPSA) is 76.1 Å². The highest BCUT2D eigenvalue weighted by Gasteiger charge is 2.09. The van der Waals surface area contributed by atoms with Crippen LogP contribution in [0.1, 0.15) is 15.9 Å². The third-order valence-electron chi connectivity index (χ3n) is 1.83. The smallest absolute Gasteiger partial charge is 0.339 e. The molecule has 0 heterocycles. The standard InChI is InChI=1S/C11H10N2O2/c1-15-11(14)9-7-8(3-2-6-12)4-5-10(9)13/h2-5,7H,13H2,1H3. The molecule has 0 aliphatic carbocycles. The second-order valence-corrected chi connectivity index (χ2v) is 2.80. The van der Waals surface area contributed by atoms with E-state index in [2.05, 4.69) is 4.74 Å². The molecular formula is C11H10N2O2. The van der Waals surface area contributed by atoms with Gasteiger partial charge in [-0.1, -0.05) is 6.07 Å². The number of anilines is 1. The molecule has 1 rings (SSSR count). The van der Waals surface area contributed by atoms with Gasteiger partial charge in [0.05, 0.1) is 18.7 Å². The lowest BCUT2D eigenvalue weighted by atomic mass is 10.1. The third-order valence-corrected chi connectivity index (χ3v) is 1.83. The molecule has 0 unspecified atom stereocenters. The van der Waals surface area contributed by atoms with Gasteiger partial charge < -0.3 is 10.5 Å². The number of carbonyl (C=O) groups is 1. The van der Waals surface area contributed by atoms with Gasteiger partial charge >= 0.3 is 5.97 Å². The van der Waals surface area contributed by atoms with Crippen molar-refractivity contribution in [3.8, 4) is 6.07 Å². The second-order valence-electron chi connectivity index (χ2n) is 2.80. The number of hydrogen-bond acceptors (Lipinski definition) is 4. The largest absolute Gasteiger partial charge is 0.465 e. The number of benzene rings is 1. The summed E-state index contributed by atoms with van der Waals surface area (Å²) in [5.74, 6) is -0.486. The molecule has 0 saturated carbocycles. The molecule has 76 valence electrons. The zero-order valence-corrected chi connectivity index (χ0v) is 8.23. The van der Waals surface area contributed by atoms with Crippen LogP contribution in [0, 0.1) is 11.3 Å². The van der Waals surface area contributed by atoms with Crippen LogP contribution in [-0.4, -0.2) is 13.1 Å². The average molecular weight is 202 g/mol. The molecule has 0 aromatic heterocycles. The van der Waals surface area contributed by atoms with Crippen molar-refractivity contribution in [2.45, 2.75) is 0 Å². The molecule has 15 heavy (non-hydrogen) atoms. The normalized spacial score (nSPS) is 9.87. The molecule has 0 spiro atoms. The van der Waals surface area contributed by atoms with E-state index in [1.54, 1.807) is 24.3 Å². The van der Waals surface area contributed by atoms with E-state index in [9.17, 15) is 4.79 Å². The van der Waals surface area contributed by atoms with Crippen molar-refractivity contribution in [2.24, 2.45) is 0 Å². The van der Waals surface area contributed by atoms with E-state index >= 15 is 0 Å². The predicted octanol–water partition coefficient (Wildman–Crippen LogP) is 1.59. The van der Waals surface area contributed by atoms with Crippen LogP contribution in [0.5, 0.6) is 0 Å². The maximum Gasteiger partial charge on any atom is 0.339 e. The summed E-state index contributed by atoms with van der Waals surface area (Å²) in [7, 11) is 1.29. The van der Waals surface area contributed by atoms with Crippen molar-refractivity contribution in [1.82, 2.24) is 0 Å². The minimum absolute atomic E-state index is 0.303. The fraction of sp³-hybridized carbons (Fsp3) is 0.0909. The first kappa shape index (κ1) is 10.8. The van der Waals surface area contributed by atoms with Gasteiger partial charge in [0.1, 0.15) is 0 Å². The zero-order valence-electron chi connectivity index (χ0n) is 8.23. The van der Waals surface area contributed by atoms with Gasteiger partial charge in [0.2, 0.25) is 0 Å². The second kappa shape index (κ2) is 4.82. The SMILES string of the molecule is COC(=O)c1cc(C=CC#N)ccc1N. The fourth-order valence-corrected chi connectivity index (χ4v) is 1.10. The number of hydrogen-bond donors (Lipinski definition) is 1. The van der Waals surface area contributed by atoms with Crippen LogP contribution < -0.4 is 5.73 Å². The van der Waals surface area contributed by atoms with E-state index in [4.69, 9.17) is 11.0 Å². The van der Waals surface area contributed by atoms with Crippen LogP contribution in [0.2, 0.25) is 0 Å². The van der Waals surface area contributed by atoms with Gasteiger partial charge in [-0.25, -0.2) is 4.79 Å². The first-order valence-electron chi connectivity index (χ1n) is 4.23. The van der Waals surface area contributed by atoms with Crippen molar-refractivity contribution in [2.75, 3.05) is 12.8 Å². The van der Waals surface area contributed by atoms with Crippen molar-refractivity contribution in [3.63, 3.8) is 0 Å². The van der Waals surface area contributed by atoms with Crippen molar-refractivity contribution >= 4 is 17.7 Å². The first-order valence-corrected chi connectivity index (χ1v) is 4.23. The molecule has 2 N–H and O–H groups in total. The van der Waals surface area contributed by atoms with Gasteiger partial charge in [-0.05, 0) is 23.8 Å². The van der Waals surface area contributed by atoms with Crippen LogP contribution in [-0.2, 0) is 4.74 Å². The molecule has 0 amide bonds. The van der Waals surface area contributed by atoms with E-state index in [0.717, 1.165) is 5.56 Å². The Hall–Kier alpha value is -2.28. The number of nitrogens with zero attached hydrogens (tertiary/aromatic N) is 1. The summed E-state index contributed by atoms with van der Waals surface area (Å²) < 4.78 is 4.57. The number of nitrogens with two attached hydrogens (primary N) is 1. The molecule has 4 heteroatoms. The van der Waals surface area contributed by atoms with Crippen LogP contribution in [0.4, 0.5) is 5.69 Å². The Labute approximate surface area is 87.6 Å². The van der Waals surface area contributed by atoms with Crippen LogP contribution in [0.15, 0.2) is 24.3 Å². The van der Waals surface area contributed by atoms with Gasteiger partial charge in [-0.2, -0.15) is 5.26 Å². The van der Waals surface area contributed by atoms with E-state index in [0.29, 0.717) is 11.3 Å². The Morgan fingerprint density at radius 2 is 2.33 bits per heavy atom. The molecule has 4 nitrogen and oxygen atoms in total. The van der Waals surface area contributed by atoms with E-state index in [-0.39, 0.29) is 0 Å². The highest BCUT2D eigenvalue weighted by molar-refractivity contribution is 5.95. The Morgan fingerprint density at radius 1 is 1.60 bits per heavy atom. The molecule has 0 radical (unpaired) electrons. The summed E-state index contributed by atoms with van der Waals surface area (Å²) >= 11 is 0. The molecule has 1 aromatic carbocycles. The molecule has 0 saturated heterocycles. The van der Waals surface area contributed by atoms with Gasteiger partial charge in [0.15, 0.2) is 0 Å². The lowest BCUT2D eigenvalue weighted by Crippen LogP contribution is -2.05. The van der Waals surface area contributed by atoms with Gasteiger partial charge in [-0.3, -0.25) is 0 Å². The van der Waals surface area contributed by atoms with Crippen LogP contribution in [0.25, 0.3) is 6.08 Å². The summed E-state index contributed by atoms with van der Waals surface area (Å²) in [5, 5.41) is 8.35. The molecule has 0 bridgehead atoms. The van der Waals surface area contributed by atoms with Crippen molar-refractivity contribution in [3.05, 3.63) is 35.4 Å². The summed E-state index contributed by atoms with van der Waals surface area (Å²) in [4.78, 5) is 11.3. The lowest BCUT2D eigenvalue weighted by molar-refractivity contribution is 0.0602. The number of nitriles is 1. The summed E-state index contributed by atoms with van der Waals surface area (Å²) in [5.41, 5.74) is 6.99. The van der Waals surface area contributed by atoms with Crippen LogP contribution in [0.3, 0.4) is 0 Å². The van der Waals surface area contributed by atoms with Gasteiger partial charge in [0.25, 0.3) is 0 Å². The molecular weight excluding hydrogens is 192 g/mol. The van der Waals surface area contributed by atoms with E-state index in [1.165, 1.54) is 13.2 Å². The molecule has 0 aliphatic heterocycles. The number of allylic oxidation sites excluding steroid dienone is 1. The van der Waals surface area contributed by atoms with Crippen molar-refractivity contribution < 1.29 is 9.53 Å². The van der Waals surface area contributed by atoms with Crippen molar-refractivity contribution in [1.29, 1.82) is 5.26 Å². The average Bonchev–Trinajstić information content (AvgIpc) is 2.27. The Bertz CT molecular complexity index is 444. The maximum atomic E-state index is 11.3. The number of carbonyl (C=O) groups excluding carboxylic acids is 1. The van der Waals surface area contributed by atoms with E-state index < -0.39 is 5.97 Å². The number of ether oxygens (including phenoxy) is 1. The fourth-order valence-electron chi connectivity index (χ4n) is 1.10. The van der Waals surface area contributed by atoms with Gasteiger partial charge in [-0.15, -0.1) is 0 Å². The minimum atomic E-state index is -0.486. The third kappa shape index (κ3) is 2.58. The maximum absolute atomic E-state index is 11.3. The number of esters is 1. The Balaban J connectivity index is 3.12. The molecule has 0 aliphatic rings. The monoisotopic (exact) mass is 202 g/mol.